The summed E-state index contributed by atoms with van der Waals surface area (Å²) < 4.78 is 0. The molecule has 7 nitrogen and oxygen atoms in total. The summed E-state index contributed by atoms with van der Waals surface area (Å²) in [5.41, 5.74) is 8.02. The van der Waals surface area contributed by atoms with E-state index in [1.54, 1.807) is 13.3 Å². The second kappa shape index (κ2) is 13.0. The molecule has 1 rings (SSSR count). The number of amidine groups is 1. The van der Waals surface area contributed by atoms with Gasteiger partial charge in [-0.05, 0) is 46.6 Å². The number of likely N-dealkylation sites (tertiary alicyclic amines) is 1. The van der Waals surface area contributed by atoms with Crippen molar-refractivity contribution < 1.29 is 9.90 Å². The Bertz CT molecular complexity index is 685. The number of aliphatic hydroxyl groups is 1. The Morgan fingerprint density at radius 2 is 1.90 bits per heavy atom. The fourth-order valence-corrected chi connectivity index (χ4v) is 3.11. The number of carbonyl (C=O) groups excluding carboxylic acids is 1. The Balaban J connectivity index is 0.00000178. The highest BCUT2D eigenvalue weighted by Crippen LogP contribution is 2.42. The molecule has 0 aromatic heterocycles. The molecule has 1 heterocycles. The van der Waals surface area contributed by atoms with Crippen LogP contribution in [0.4, 0.5) is 0 Å². The molecule has 164 valence electrons. The van der Waals surface area contributed by atoms with Crippen LogP contribution in [0.1, 0.15) is 61.8 Å². The van der Waals surface area contributed by atoms with Crippen LogP contribution in [0.3, 0.4) is 0 Å². The average molecular weight is 406 g/mol. The van der Waals surface area contributed by atoms with Crippen molar-refractivity contribution in [3.63, 3.8) is 0 Å². The summed E-state index contributed by atoms with van der Waals surface area (Å²) in [6.07, 6.45) is 6.68. The number of amides is 1. The monoisotopic (exact) mass is 405 g/mol. The molecular weight excluding hydrogens is 366 g/mol. The topological polar surface area (TPSA) is 104 Å². The van der Waals surface area contributed by atoms with Crippen LogP contribution in [0.5, 0.6) is 0 Å². The van der Waals surface area contributed by atoms with E-state index in [2.05, 4.69) is 52.8 Å². The molecule has 1 amide bonds. The van der Waals surface area contributed by atoms with Crippen LogP contribution in [-0.4, -0.2) is 59.5 Å². The van der Waals surface area contributed by atoms with Gasteiger partial charge in [-0.2, -0.15) is 0 Å². The Labute approximate surface area is 176 Å². The van der Waals surface area contributed by atoms with Crippen molar-refractivity contribution >= 4 is 23.8 Å². The number of nitrogens with zero attached hydrogens (tertiary/aromatic N) is 4. The second-order valence-electron chi connectivity index (χ2n) is 7.43. The summed E-state index contributed by atoms with van der Waals surface area (Å²) >= 11 is 0. The first-order valence-electron chi connectivity index (χ1n) is 10.2. The van der Waals surface area contributed by atoms with Gasteiger partial charge in [0.2, 0.25) is 0 Å². The largest absolute Gasteiger partial charge is 0.396 e. The van der Waals surface area contributed by atoms with Crippen molar-refractivity contribution in [1.82, 2.24) is 4.90 Å². The lowest BCUT2D eigenvalue weighted by molar-refractivity contribution is -0.112. The molecule has 1 fully saturated rings. The number of carbonyl (C=O) groups is 1. The molecule has 29 heavy (non-hydrogen) atoms. The number of nitrogens with two attached hydrogens (primary N) is 1. The van der Waals surface area contributed by atoms with Crippen molar-refractivity contribution in [2.75, 3.05) is 19.7 Å². The van der Waals surface area contributed by atoms with E-state index in [0.717, 1.165) is 24.5 Å². The molecule has 0 aromatic carbocycles. The van der Waals surface area contributed by atoms with Gasteiger partial charge in [0, 0.05) is 30.8 Å². The standard InChI is InChI=1S/C19H31N5O.C3H8O/c1-8-15-16(9-2)24(11-19(15,6)7)18(22-12-21-10-3)14(5)23-13(4)17(20)25;1-2-3-4/h8-9,12,14H,10-11H2,1-7H3,(H2,20,25);4H,2-3H2,1H3/b15-8+,16-9+,21-12?,22-18?,23-13?;. The molecule has 1 aliphatic rings. The van der Waals surface area contributed by atoms with Crippen LogP contribution < -0.4 is 5.73 Å². The van der Waals surface area contributed by atoms with E-state index in [0.29, 0.717) is 18.9 Å². The van der Waals surface area contributed by atoms with E-state index < -0.39 is 5.91 Å². The van der Waals surface area contributed by atoms with Gasteiger partial charge < -0.3 is 15.7 Å². The Hall–Kier alpha value is -2.28. The maximum Gasteiger partial charge on any atom is 0.262 e. The van der Waals surface area contributed by atoms with Crippen LogP contribution in [-0.2, 0) is 4.79 Å². The predicted molar refractivity (Wildman–Crippen MR) is 124 cm³/mol. The first kappa shape index (κ1) is 26.7. The van der Waals surface area contributed by atoms with E-state index in [1.807, 2.05) is 27.7 Å². The van der Waals surface area contributed by atoms with E-state index in [4.69, 9.17) is 10.8 Å². The third kappa shape index (κ3) is 7.93. The number of aliphatic hydroxyl groups excluding tert-OH is 1. The molecule has 0 aromatic rings. The molecule has 1 aliphatic heterocycles. The van der Waals surface area contributed by atoms with Crippen LogP contribution in [0.25, 0.3) is 0 Å². The summed E-state index contributed by atoms with van der Waals surface area (Å²) in [5.74, 6) is 0.242. The number of rotatable bonds is 6. The van der Waals surface area contributed by atoms with Crippen LogP contribution in [0.15, 0.2) is 38.4 Å². The van der Waals surface area contributed by atoms with Crippen LogP contribution in [0.2, 0.25) is 0 Å². The van der Waals surface area contributed by atoms with E-state index in [1.165, 1.54) is 5.57 Å². The lowest BCUT2D eigenvalue weighted by atomic mass is 9.86. The van der Waals surface area contributed by atoms with Crippen molar-refractivity contribution in [2.24, 2.45) is 26.1 Å². The highest BCUT2D eigenvalue weighted by Gasteiger charge is 2.40. The number of primary amides is 1. The lowest BCUT2D eigenvalue weighted by Gasteiger charge is -2.25. The van der Waals surface area contributed by atoms with Gasteiger partial charge in [-0.25, -0.2) is 4.99 Å². The molecule has 0 aliphatic carbocycles. The highest BCUT2D eigenvalue weighted by molar-refractivity contribution is 6.37. The fourth-order valence-electron chi connectivity index (χ4n) is 3.11. The SMILES string of the molecule is C/C=C1\C(=C/C)N(C(=NC=NCC)C(C)N=C(C)C(N)=O)CC1(C)C.CCCO. The van der Waals surface area contributed by atoms with E-state index in [-0.39, 0.29) is 11.5 Å². The number of aliphatic imine (C=N–C) groups is 3. The lowest BCUT2D eigenvalue weighted by Crippen LogP contribution is -2.37. The summed E-state index contributed by atoms with van der Waals surface area (Å²) in [4.78, 5) is 26.7. The first-order chi connectivity index (χ1) is 13.6. The number of hydrogen-bond donors (Lipinski definition) is 2. The van der Waals surface area contributed by atoms with Gasteiger partial charge in [0.1, 0.15) is 18.2 Å². The molecular formula is C22H39N5O2. The maximum absolute atomic E-state index is 11.4. The van der Waals surface area contributed by atoms with Gasteiger partial charge in [0.25, 0.3) is 5.91 Å². The average Bonchev–Trinajstić information content (AvgIpc) is 2.94. The zero-order chi connectivity index (χ0) is 22.6. The Morgan fingerprint density at radius 1 is 1.31 bits per heavy atom. The van der Waals surface area contributed by atoms with Crippen molar-refractivity contribution in [3.8, 4) is 0 Å². The molecule has 0 radical (unpaired) electrons. The van der Waals surface area contributed by atoms with Gasteiger partial charge in [0.15, 0.2) is 0 Å². The summed E-state index contributed by atoms with van der Waals surface area (Å²) in [6.45, 7) is 17.7. The number of hydrogen-bond acceptors (Lipinski definition) is 4. The third-order valence-corrected chi connectivity index (χ3v) is 4.48. The Kier molecular flexibility index (Phi) is 12.0. The summed E-state index contributed by atoms with van der Waals surface area (Å²) in [6, 6.07) is -0.308. The second-order valence-corrected chi connectivity index (χ2v) is 7.43. The quantitative estimate of drug-likeness (QED) is 0.523. The van der Waals surface area contributed by atoms with Crippen LogP contribution in [0, 0.1) is 5.41 Å². The normalized spacial score (nSPS) is 20.9. The van der Waals surface area contributed by atoms with E-state index >= 15 is 0 Å². The molecule has 3 N–H and O–H groups in total. The van der Waals surface area contributed by atoms with Gasteiger partial charge in [-0.1, -0.05) is 32.9 Å². The fraction of sp³-hybridized carbons (Fsp3) is 0.636. The minimum atomic E-state index is -0.518. The Morgan fingerprint density at radius 3 is 2.31 bits per heavy atom. The molecule has 1 saturated heterocycles. The third-order valence-electron chi connectivity index (χ3n) is 4.48. The number of allylic oxidation sites excluding steroid dienone is 3. The maximum atomic E-state index is 11.4. The van der Waals surface area contributed by atoms with Crippen molar-refractivity contribution in [3.05, 3.63) is 23.4 Å². The van der Waals surface area contributed by atoms with E-state index in [9.17, 15) is 4.79 Å². The minimum absolute atomic E-state index is 0.00142. The molecule has 0 saturated carbocycles. The first-order valence-corrected chi connectivity index (χ1v) is 10.2. The predicted octanol–water partition coefficient (Wildman–Crippen LogP) is 3.35. The molecule has 1 unspecified atom stereocenters. The van der Waals surface area contributed by atoms with Crippen molar-refractivity contribution in [1.29, 1.82) is 0 Å². The summed E-state index contributed by atoms with van der Waals surface area (Å²) in [7, 11) is 0. The molecule has 1 atom stereocenters. The zero-order valence-electron chi connectivity index (χ0n) is 19.4. The minimum Gasteiger partial charge on any atom is -0.396 e. The molecule has 0 bridgehead atoms. The van der Waals surface area contributed by atoms with Gasteiger partial charge >= 0.3 is 0 Å². The molecule has 0 spiro atoms. The zero-order valence-corrected chi connectivity index (χ0v) is 19.4. The highest BCUT2D eigenvalue weighted by atomic mass is 16.2. The van der Waals surface area contributed by atoms with Crippen molar-refractivity contribution in [2.45, 2.75) is 67.9 Å². The van der Waals surface area contributed by atoms with Gasteiger partial charge in [0.05, 0.1) is 5.71 Å². The van der Waals surface area contributed by atoms with Gasteiger partial charge in [-0.15, -0.1) is 0 Å². The van der Waals surface area contributed by atoms with Gasteiger partial charge in [-0.3, -0.25) is 14.8 Å². The smallest absolute Gasteiger partial charge is 0.262 e. The molecule has 7 heteroatoms. The summed E-state index contributed by atoms with van der Waals surface area (Å²) in [5, 5.41) is 7.88. The van der Waals surface area contributed by atoms with Crippen LogP contribution >= 0.6 is 0 Å².